The van der Waals surface area contributed by atoms with Crippen molar-refractivity contribution in [2.45, 2.75) is 6.42 Å². The number of rotatable bonds is 4. The summed E-state index contributed by atoms with van der Waals surface area (Å²) in [5, 5.41) is 12.0. The first-order valence-electron chi connectivity index (χ1n) is 6.25. The molecule has 4 nitrogen and oxygen atoms in total. The van der Waals surface area contributed by atoms with Crippen LogP contribution in [0.3, 0.4) is 0 Å². The van der Waals surface area contributed by atoms with E-state index >= 15 is 0 Å². The monoisotopic (exact) mass is 300 g/mol. The van der Waals surface area contributed by atoms with Crippen molar-refractivity contribution < 1.29 is 9.53 Å². The van der Waals surface area contributed by atoms with Crippen molar-refractivity contribution in [3.8, 4) is 11.8 Å². The van der Waals surface area contributed by atoms with Crippen molar-refractivity contribution in [3.63, 3.8) is 0 Å². The fourth-order valence-electron chi connectivity index (χ4n) is 1.80. The van der Waals surface area contributed by atoms with Crippen molar-refractivity contribution in [1.29, 1.82) is 5.26 Å². The molecule has 0 saturated heterocycles. The number of amides is 1. The van der Waals surface area contributed by atoms with Gasteiger partial charge in [-0.1, -0.05) is 17.7 Å². The Morgan fingerprint density at radius 2 is 2.00 bits per heavy atom. The average Bonchev–Trinajstić information content (AvgIpc) is 2.50. The molecule has 0 atom stereocenters. The largest absolute Gasteiger partial charge is 0.497 e. The number of ether oxygens (including phenoxy) is 1. The van der Waals surface area contributed by atoms with Crippen molar-refractivity contribution in [2.24, 2.45) is 0 Å². The second kappa shape index (κ2) is 6.78. The van der Waals surface area contributed by atoms with Crippen LogP contribution in [0, 0.1) is 11.3 Å². The van der Waals surface area contributed by atoms with Crippen molar-refractivity contribution in [2.75, 3.05) is 12.4 Å². The number of halogens is 1. The maximum absolute atomic E-state index is 12.0. The predicted octanol–water partition coefficient (Wildman–Crippen LogP) is 3.40. The number of hydrogen-bond acceptors (Lipinski definition) is 3. The molecule has 0 aliphatic carbocycles. The summed E-state index contributed by atoms with van der Waals surface area (Å²) in [4.78, 5) is 12.0. The van der Waals surface area contributed by atoms with Crippen LogP contribution < -0.4 is 10.1 Å². The first-order chi connectivity index (χ1) is 10.1. The van der Waals surface area contributed by atoms with Gasteiger partial charge in [0, 0.05) is 10.7 Å². The minimum Gasteiger partial charge on any atom is -0.497 e. The Hall–Kier alpha value is -2.51. The quantitative estimate of drug-likeness (QED) is 0.941. The van der Waals surface area contributed by atoms with E-state index in [-0.39, 0.29) is 12.3 Å². The van der Waals surface area contributed by atoms with E-state index in [2.05, 4.69) is 5.32 Å². The van der Waals surface area contributed by atoms with Gasteiger partial charge in [0.2, 0.25) is 5.91 Å². The third-order valence-corrected chi connectivity index (χ3v) is 3.26. The maximum Gasteiger partial charge on any atom is 0.228 e. The summed E-state index contributed by atoms with van der Waals surface area (Å²) in [5.74, 6) is 0.475. The third-order valence-electron chi connectivity index (χ3n) is 2.91. The van der Waals surface area contributed by atoms with Crippen LogP contribution in [0.4, 0.5) is 5.69 Å². The molecule has 2 aromatic carbocycles. The lowest BCUT2D eigenvalue weighted by molar-refractivity contribution is -0.115. The molecule has 0 spiro atoms. The molecule has 0 radical (unpaired) electrons. The molecule has 5 heteroatoms. The topological polar surface area (TPSA) is 62.1 Å². The fourth-order valence-corrected chi connectivity index (χ4v) is 2.04. The van der Waals surface area contributed by atoms with Crippen LogP contribution in [-0.4, -0.2) is 13.0 Å². The summed E-state index contributed by atoms with van der Waals surface area (Å²) in [6.45, 7) is 0. The summed E-state index contributed by atoms with van der Waals surface area (Å²) in [5.41, 5.74) is 1.92. The lowest BCUT2D eigenvalue weighted by Crippen LogP contribution is -2.14. The van der Waals surface area contributed by atoms with Crippen molar-refractivity contribution >= 4 is 23.2 Å². The van der Waals surface area contributed by atoms with E-state index < -0.39 is 0 Å². The van der Waals surface area contributed by atoms with Gasteiger partial charge in [-0.25, -0.2) is 0 Å². The minimum atomic E-state index is -0.174. The zero-order valence-electron chi connectivity index (χ0n) is 11.4. The van der Waals surface area contributed by atoms with Crippen molar-refractivity contribution in [3.05, 3.63) is 58.6 Å². The fraction of sp³-hybridized carbons (Fsp3) is 0.125. The number of methoxy groups -OCH3 is 1. The third kappa shape index (κ3) is 3.98. The van der Waals surface area contributed by atoms with E-state index in [0.717, 1.165) is 5.56 Å². The Morgan fingerprint density at radius 1 is 1.29 bits per heavy atom. The summed E-state index contributed by atoms with van der Waals surface area (Å²) in [6, 6.07) is 13.9. The molecule has 106 valence electrons. The summed E-state index contributed by atoms with van der Waals surface area (Å²) < 4.78 is 5.06. The van der Waals surface area contributed by atoms with E-state index in [9.17, 15) is 4.79 Å². The number of nitrogens with zero attached hydrogens (tertiary/aromatic N) is 1. The zero-order chi connectivity index (χ0) is 15.2. The average molecular weight is 301 g/mol. The second-order valence-corrected chi connectivity index (χ2v) is 4.78. The number of carbonyl (C=O) groups excluding carboxylic acids is 1. The van der Waals surface area contributed by atoms with Crippen LogP contribution in [-0.2, 0) is 11.2 Å². The SMILES string of the molecule is COc1ccc(CC(=O)Nc2ccc(C#N)cc2)c(Cl)c1. The predicted molar refractivity (Wildman–Crippen MR) is 81.5 cm³/mol. The lowest BCUT2D eigenvalue weighted by Gasteiger charge is -2.08. The Balaban J connectivity index is 2.02. The van der Waals surface area contributed by atoms with Gasteiger partial charge in [-0.05, 0) is 42.0 Å². The van der Waals surface area contributed by atoms with Crippen LogP contribution >= 0.6 is 11.6 Å². The number of nitriles is 1. The zero-order valence-corrected chi connectivity index (χ0v) is 12.1. The Kier molecular flexibility index (Phi) is 4.81. The molecular weight excluding hydrogens is 288 g/mol. The van der Waals surface area contributed by atoms with Crippen molar-refractivity contribution in [1.82, 2.24) is 0 Å². The highest BCUT2D eigenvalue weighted by atomic mass is 35.5. The van der Waals surface area contributed by atoms with E-state index in [4.69, 9.17) is 21.6 Å². The maximum atomic E-state index is 12.0. The first-order valence-corrected chi connectivity index (χ1v) is 6.62. The molecule has 1 amide bonds. The van der Waals surface area contributed by atoms with Gasteiger partial charge in [0.1, 0.15) is 5.75 Å². The highest BCUT2D eigenvalue weighted by Crippen LogP contribution is 2.23. The molecule has 2 rings (SSSR count). The Bertz CT molecular complexity index is 690. The number of benzene rings is 2. The molecule has 1 N–H and O–H groups in total. The molecule has 2 aromatic rings. The molecule has 0 fully saturated rings. The summed E-state index contributed by atoms with van der Waals surface area (Å²) >= 11 is 6.10. The van der Waals surface area contributed by atoms with Gasteiger partial charge >= 0.3 is 0 Å². The van der Waals surface area contributed by atoms with Gasteiger partial charge in [0.05, 0.1) is 25.2 Å². The molecular formula is C16H13ClN2O2. The van der Waals surface area contributed by atoms with Gasteiger partial charge in [0.15, 0.2) is 0 Å². The molecule has 0 aliphatic heterocycles. The highest BCUT2D eigenvalue weighted by Gasteiger charge is 2.08. The Morgan fingerprint density at radius 3 is 2.57 bits per heavy atom. The molecule has 0 aliphatic rings. The summed E-state index contributed by atoms with van der Waals surface area (Å²) in [6.07, 6.45) is 0.169. The minimum absolute atomic E-state index is 0.169. The molecule has 0 aromatic heterocycles. The standard InChI is InChI=1S/C16H13ClN2O2/c1-21-14-7-4-12(15(17)9-14)8-16(20)19-13-5-2-11(10-18)3-6-13/h2-7,9H,8H2,1H3,(H,19,20). The van der Waals surface area contributed by atoms with E-state index in [1.165, 1.54) is 0 Å². The van der Waals surface area contributed by atoms with Crippen LogP contribution in [0.15, 0.2) is 42.5 Å². The number of nitrogens with one attached hydrogen (secondary N) is 1. The van der Waals surface area contributed by atoms with Crippen LogP contribution in [0.2, 0.25) is 5.02 Å². The van der Waals surface area contributed by atoms with E-state index in [1.54, 1.807) is 49.6 Å². The van der Waals surface area contributed by atoms with Gasteiger partial charge in [0.25, 0.3) is 0 Å². The van der Waals surface area contributed by atoms with Gasteiger partial charge in [-0.2, -0.15) is 5.26 Å². The number of carbonyl (C=O) groups is 1. The molecule has 0 unspecified atom stereocenters. The number of anilines is 1. The van der Waals surface area contributed by atoms with Crippen LogP contribution in [0.5, 0.6) is 5.75 Å². The second-order valence-electron chi connectivity index (χ2n) is 4.37. The Labute approximate surface area is 127 Å². The van der Waals surface area contributed by atoms with E-state index in [1.807, 2.05) is 6.07 Å². The van der Waals surface area contributed by atoms with Crippen LogP contribution in [0.1, 0.15) is 11.1 Å². The van der Waals surface area contributed by atoms with Crippen LogP contribution in [0.25, 0.3) is 0 Å². The van der Waals surface area contributed by atoms with Gasteiger partial charge in [-0.15, -0.1) is 0 Å². The normalized spacial score (nSPS) is 9.76. The van der Waals surface area contributed by atoms with E-state index in [0.29, 0.717) is 22.0 Å². The molecule has 0 saturated carbocycles. The van der Waals surface area contributed by atoms with Gasteiger partial charge in [-0.3, -0.25) is 4.79 Å². The molecule has 0 heterocycles. The highest BCUT2D eigenvalue weighted by molar-refractivity contribution is 6.31. The van der Waals surface area contributed by atoms with Gasteiger partial charge < -0.3 is 10.1 Å². The number of hydrogen-bond donors (Lipinski definition) is 1. The molecule has 0 bridgehead atoms. The smallest absolute Gasteiger partial charge is 0.228 e. The first kappa shape index (κ1) is 14.9. The molecule has 21 heavy (non-hydrogen) atoms. The lowest BCUT2D eigenvalue weighted by atomic mass is 10.1. The summed E-state index contributed by atoms with van der Waals surface area (Å²) in [7, 11) is 1.56.